The molecule has 0 aromatic heterocycles. The number of ether oxygens (including phenoxy) is 1. The van der Waals surface area contributed by atoms with Gasteiger partial charge in [-0.05, 0) is 50.4 Å². The van der Waals surface area contributed by atoms with Gasteiger partial charge in [-0.25, -0.2) is 0 Å². The zero-order valence-corrected chi connectivity index (χ0v) is 12.4. The summed E-state index contributed by atoms with van der Waals surface area (Å²) < 4.78 is 5.98. The Hall–Kier alpha value is -1.02. The molecule has 2 nitrogen and oxygen atoms in total. The molecule has 0 aliphatic rings. The molecule has 0 heterocycles. The molecule has 2 atom stereocenters. The fraction of sp³-hybridized carbons (Fsp3) is 0.625. The van der Waals surface area contributed by atoms with E-state index in [1.54, 1.807) is 0 Å². The van der Waals surface area contributed by atoms with Crippen molar-refractivity contribution in [1.29, 1.82) is 0 Å². The SMILES string of the molecule is CCC(NC)c1cccc(OC(C)CC(C)C)c1. The van der Waals surface area contributed by atoms with Gasteiger partial charge in [-0.15, -0.1) is 0 Å². The van der Waals surface area contributed by atoms with Gasteiger partial charge in [0.1, 0.15) is 5.75 Å². The van der Waals surface area contributed by atoms with E-state index in [0.717, 1.165) is 18.6 Å². The van der Waals surface area contributed by atoms with Gasteiger partial charge in [0.2, 0.25) is 0 Å². The van der Waals surface area contributed by atoms with Crippen molar-refractivity contribution in [2.45, 2.75) is 52.7 Å². The van der Waals surface area contributed by atoms with Crippen molar-refractivity contribution in [2.75, 3.05) is 7.05 Å². The van der Waals surface area contributed by atoms with Crippen molar-refractivity contribution < 1.29 is 4.74 Å². The first-order valence-corrected chi connectivity index (χ1v) is 7.00. The maximum atomic E-state index is 5.98. The second-order valence-corrected chi connectivity index (χ2v) is 5.38. The number of nitrogens with one attached hydrogen (secondary N) is 1. The van der Waals surface area contributed by atoms with E-state index in [1.807, 2.05) is 13.1 Å². The number of hydrogen-bond donors (Lipinski definition) is 1. The molecule has 0 fully saturated rings. The first-order valence-electron chi connectivity index (χ1n) is 7.00. The van der Waals surface area contributed by atoms with Crippen LogP contribution in [0.25, 0.3) is 0 Å². The summed E-state index contributed by atoms with van der Waals surface area (Å²) >= 11 is 0. The predicted molar refractivity (Wildman–Crippen MR) is 78.1 cm³/mol. The molecule has 0 amide bonds. The zero-order chi connectivity index (χ0) is 13.5. The van der Waals surface area contributed by atoms with Crippen molar-refractivity contribution in [3.8, 4) is 5.75 Å². The van der Waals surface area contributed by atoms with E-state index in [-0.39, 0.29) is 6.10 Å². The van der Waals surface area contributed by atoms with Gasteiger partial charge in [-0.1, -0.05) is 32.9 Å². The summed E-state index contributed by atoms with van der Waals surface area (Å²) in [5.74, 6) is 1.65. The molecule has 0 spiro atoms. The summed E-state index contributed by atoms with van der Waals surface area (Å²) in [4.78, 5) is 0. The third-order valence-electron chi connectivity index (χ3n) is 3.16. The average Bonchev–Trinajstić information content (AvgIpc) is 2.29. The summed E-state index contributed by atoms with van der Waals surface area (Å²) in [7, 11) is 2.00. The molecule has 2 unspecified atom stereocenters. The van der Waals surface area contributed by atoms with Crippen LogP contribution in [0.1, 0.15) is 52.1 Å². The van der Waals surface area contributed by atoms with Crippen molar-refractivity contribution in [3.05, 3.63) is 29.8 Å². The van der Waals surface area contributed by atoms with Gasteiger partial charge in [0.15, 0.2) is 0 Å². The van der Waals surface area contributed by atoms with Crippen LogP contribution in [0.15, 0.2) is 24.3 Å². The Labute approximate surface area is 112 Å². The van der Waals surface area contributed by atoms with Crippen molar-refractivity contribution in [2.24, 2.45) is 5.92 Å². The van der Waals surface area contributed by atoms with Crippen LogP contribution in [-0.4, -0.2) is 13.2 Å². The highest BCUT2D eigenvalue weighted by molar-refractivity contribution is 5.30. The van der Waals surface area contributed by atoms with Crippen LogP contribution in [0.5, 0.6) is 5.75 Å². The smallest absolute Gasteiger partial charge is 0.120 e. The molecule has 0 radical (unpaired) electrons. The second-order valence-electron chi connectivity index (χ2n) is 5.38. The highest BCUT2D eigenvalue weighted by Crippen LogP contribution is 2.23. The molecular formula is C16H27NO. The molecule has 1 aromatic carbocycles. The standard InChI is InChI=1S/C16H27NO/c1-6-16(17-5)14-8-7-9-15(11-14)18-13(4)10-12(2)3/h7-9,11-13,16-17H,6,10H2,1-5H3. The Morgan fingerprint density at radius 2 is 1.94 bits per heavy atom. The molecule has 0 aliphatic heterocycles. The number of benzene rings is 1. The Morgan fingerprint density at radius 1 is 1.22 bits per heavy atom. The monoisotopic (exact) mass is 249 g/mol. The van der Waals surface area contributed by atoms with E-state index in [0.29, 0.717) is 12.0 Å². The van der Waals surface area contributed by atoms with Crippen LogP contribution in [0.4, 0.5) is 0 Å². The minimum absolute atomic E-state index is 0.273. The van der Waals surface area contributed by atoms with E-state index in [1.165, 1.54) is 5.56 Å². The molecule has 2 heteroatoms. The van der Waals surface area contributed by atoms with Gasteiger partial charge < -0.3 is 10.1 Å². The highest BCUT2D eigenvalue weighted by atomic mass is 16.5. The summed E-state index contributed by atoms with van der Waals surface area (Å²) in [6.45, 7) is 8.78. The topological polar surface area (TPSA) is 21.3 Å². The average molecular weight is 249 g/mol. The van der Waals surface area contributed by atoms with Crippen LogP contribution in [0, 0.1) is 5.92 Å². The Balaban J connectivity index is 2.70. The lowest BCUT2D eigenvalue weighted by Gasteiger charge is -2.19. The molecule has 1 rings (SSSR count). The van der Waals surface area contributed by atoms with Crippen LogP contribution in [-0.2, 0) is 0 Å². The number of hydrogen-bond acceptors (Lipinski definition) is 2. The lowest BCUT2D eigenvalue weighted by atomic mass is 10.0. The molecular weight excluding hydrogens is 222 g/mol. The minimum atomic E-state index is 0.273. The summed E-state index contributed by atoms with van der Waals surface area (Å²) in [5, 5.41) is 3.33. The summed E-state index contributed by atoms with van der Waals surface area (Å²) in [5.41, 5.74) is 1.30. The summed E-state index contributed by atoms with van der Waals surface area (Å²) in [6, 6.07) is 8.84. The molecule has 1 aromatic rings. The third-order valence-corrected chi connectivity index (χ3v) is 3.16. The van der Waals surface area contributed by atoms with Gasteiger partial charge in [-0.2, -0.15) is 0 Å². The fourth-order valence-corrected chi connectivity index (χ4v) is 2.36. The van der Waals surface area contributed by atoms with E-state index < -0.39 is 0 Å². The fourth-order valence-electron chi connectivity index (χ4n) is 2.36. The molecule has 102 valence electrons. The highest BCUT2D eigenvalue weighted by Gasteiger charge is 2.10. The van der Waals surface area contributed by atoms with E-state index in [4.69, 9.17) is 4.74 Å². The van der Waals surface area contributed by atoms with Gasteiger partial charge in [0.05, 0.1) is 6.10 Å². The van der Waals surface area contributed by atoms with Gasteiger partial charge in [-0.3, -0.25) is 0 Å². The van der Waals surface area contributed by atoms with Crippen LogP contribution in [0.3, 0.4) is 0 Å². The lowest BCUT2D eigenvalue weighted by molar-refractivity contribution is 0.193. The zero-order valence-electron chi connectivity index (χ0n) is 12.4. The van der Waals surface area contributed by atoms with Crippen molar-refractivity contribution in [3.63, 3.8) is 0 Å². The Kier molecular flexibility index (Phi) is 6.20. The Bertz CT molecular complexity index is 345. The van der Waals surface area contributed by atoms with Crippen LogP contribution < -0.4 is 10.1 Å². The minimum Gasteiger partial charge on any atom is -0.491 e. The molecule has 0 aliphatic carbocycles. The van der Waals surface area contributed by atoms with E-state index in [9.17, 15) is 0 Å². The Morgan fingerprint density at radius 3 is 2.50 bits per heavy atom. The molecule has 1 N–H and O–H groups in total. The van der Waals surface area contributed by atoms with E-state index >= 15 is 0 Å². The first-order chi connectivity index (χ1) is 8.56. The van der Waals surface area contributed by atoms with Gasteiger partial charge >= 0.3 is 0 Å². The van der Waals surface area contributed by atoms with Gasteiger partial charge in [0.25, 0.3) is 0 Å². The normalized spacial score (nSPS) is 14.6. The van der Waals surface area contributed by atoms with Crippen molar-refractivity contribution >= 4 is 0 Å². The third kappa shape index (κ3) is 4.69. The van der Waals surface area contributed by atoms with Crippen molar-refractivity contribution in [1.82, 2.24) is 5.32 Å². The van der Waals surface area contributed by atoms with Gasteiger partial charge in [0, 0.05) is 6.04 Å². The number of rotatable bonds is 7. The second kappa shape index (κ2) is 7.42. The molecule has 0 saturated carbocycles. The van der Waals surface area contributed by atoms with Crippen LogP contribution in [0.2, 0.25) is 0 Å². The lowest BCUT2D eigenvalue weighted by Crippen LogP contribution is -2.17. The first kappa shape index (κ1) is 15.0. The molecule has 0 saturated heterocycles. The maximum absolute atomic E-state index is 5.98. The molecule has 0 bridgehead atoms. The maximum Gasteiger partial charge on any atom is 0.120 e. The predicted octanol–water partition coefficient (Wildman–Crippen LogP) is 4.17. The molecule has 18 heavy (non-hydrogen) atoms. The summed E-state index contributed by atoms with van der Waals surface area (Å²) in [6.07, 6.45) is 2.45. The quantitative estimate of drug-likeness (QED) is 0.783. The van der Waals surface area contributed by atoms with E-state index in [2.05, 4.69) is 51.2 Å². The largest absolute Gasteiger partial charge is 0.491 e. The van der Waals surface area contributed by atoms with Crippen LogP contribution >= 0.6 is 0 Å².